The zero-order valence-electron chi connectivity index (χ0n) is 19.6. The van der Waals surface area contributed by atoms with Gasteiger partial charge in [0.1, 0.15) is 18.0 Å². The Bertz CT molecular complexity index is 1370. The summed E-state index contributed by atoms with van der Waals surface area (Å²) < 4.78 is 38.8. The second-order valence-electron chi connectivity index (χ2n) is 7.62. The highest BCUT2D eigenvalue weighted by Crippen LogP contribution is 2.37. The van der Waals surface area contributed by atoms with E-state index in [1.165, 1.54) is 44.6 Å². The quantitative estimate of drug-likeness (QED) is 0.347. The second-order valence-corrected chi connectivity index (χ2v) is 9.45. The third kappa shape index (κ3) is 5.52. The van der Waals surface area contributed by atoms with Gasteiger partial charge in [-0.1, -0.05) is 18.2 Å². The fourth-order valence-corrected chi connectivity index (χ4v) is 4.98. The van der Waals surface area contributed by atoms with Crippen molar-refractivity contribution in [3.05, 3.63) is 81.9 Å². The number of nitrogens with zero attached hydrogens (tertiary/aromatic N) is 2. The molecule has 0 heterocycles. The van der Waals surface area contributed by atoms with Crippen LogP contribution in [0, 0.1) is 24.0 Å². The van der Waals surface area contributed by atoms with Gasteiger partial charge in [-0.25, -0.2) is 8.42 Å². The molecule has 0 unspecified atom stereocenters. The van der Waals surface area contributed by atoms with E-state index >= 15 is 0 Å². The summed E-state index contributed by atoms with van der Waals surface area (Å²) in [6.07, 6.45) is 0. The van der Waals surface area contributed by atoms with Crippen LogP contribution in [-0.2, 0) is 14.8 Å². The van der Waals surface area contributed by atoms with E-state index in [-0.39, 0.29) is 11.4 Å². The summed E-state index contributed by atoms with van der Waals surface area (Å²) in [6, 6.07) is 14.6. The van der Waals surface area contributed by atoms with E-state index in [9.17, 15) is 23.3 Å². The van der Waals surface area contributed by atoms with Gasteiger partial charge in [-0.2, -0.15) is 0 Å². The van der Waals surface area contributed by atoms with E-state index in [1.807, 2.05) is 19.9 Å². The predicted molar refractivity (Wildman–Crippen MR) is 132 cm³/mol. The van der Waals surface area contributed by atoms with E-state index < -0.39 is 38.0 Å². The van der Waals surface area contributed by atoms with Crippen molar-refractivity contribution in [2.75, 3.05) is 30.4 Å². The summed E-state index contributed by atoms with van der Waals surface area (Å²) in [7, 11) is -1.80. The maximum absolute atomic E-state index is 13.7. The first-order chi connectivity index (χ1) is 16.6. The average molecular weight is 500 g/mol. The van der Waals surface area contributed by atoms with Crippen molar-refractivity contribution >= 4 is 33.0 Å². The summed E-state index contributed by atoms with van der Waals surface area (Å²) in [5.74, 6) is -0.146. The molecule has 1 N–H and O–H groups in total. The highest BCUT2D eigenvalue weighted by atomic mass is 32.2. The Hall–Kier alpha value is -4.12. The molecule has 0 aliphatic rings. The molecule has 3 aromatic rings. The summed E-state index contributed by atoms with van der Waals surface area (Å²) in [5.41, 5.74) is 1.87. The first-order valence-corrected chi connectivity index (χ1v) is 11.9. The first-order valence-electron chi connectivity index (χ1n) is 10.4. The number of nitro groups is 1. The van der Waals surface area contributed by atoms with Crippen LogP contribution in [0.4, 0.5) is 17.1 Å². The molecule has 0 aromatic heterocycles. The van der Waals surface area contributed by atoms with Crippen molar-refractivity contribution in [2.45, 2.75) is 18.7 Å². The molecule has 3 rings (SSSR count). The smallest absolute Gasteiger partial charge is 0.289 e. The normalized spacial score (nSPS) is 11.0. The number of benzene rings is 3. The van der Waals surface area contributed by atoms with Crippen LogP contribution in [0.3, 0.4) is 0 Å². The highest BCUT2D eigenvalue weighted by molar-refractivity contribution is 7.93. The second kappa shape index (κ2) is 10.4. The van der Waals surface area contributed by atoms with E-state index in [1.54, 1.807) is 12.1 Å². The lowest BCUT2D eigenvalue weighted by atomic mass is 10.1. The van der Waals surface area contributed by atoms with Gasteiger partial charge in [0, 0.05) is 17.8 Å². The lowest BCUT2D eigenvalue weighted by Crippen LogP contribution is -2.38. The van der Waals surface area contributed by atoms with Crippen molar-refractivity contribution < 1.29 is 27.6 Å². The highest BCUT2D eigenvalue weighted by Gasteiger charge is 2.34. The number of rotatable bonds is 9. The topological polar surface area (TPSA) is 128 Å². The van der Waals surface area contributed by atoms with Crippen molar-refractivity contribution in [3.8, 4) is 11.5 Å². The molecule has 0 aliphatic heterocycles. The molecule has 0 aliphatic carbocycles. The molecule has 184 valence electrons. The van der Waals surface area contributed by atoms with Crippen molar-refractivity contribution in [3.63, 3.8) is 0 Å². The molecule has 0 radical (unpaired) electrons. The summed E-state index contributed by atoms with van der Waals surface area (Å²) >= 11 is 0. The predicted octanol–water partition coefficient (Wildman–Crippen LogP) is 4.06. The van der Waals surface area contributed by atoms with Crippen LogP contribution >= 0.6 is 0 Å². The summed E-state index contributed by atoms with van der Waals surface area (Å²) in [5, 5.41) is 14.2. The van der Waals surface area contributed by atoms with Crippen LogP contribution < -0.4 is 19.1 Å². The van der Waals surface area contributed by atoms with Crippen molar-refractivity contribution in [1.29, 1.82) is 0 Å². The number of methoxy groups -OCH3 is 2. The van der Waals surface area contributed by atoms with Gasteiger partial charge in [-0.15, -0.1) is 0 Å². The van der Waals surface area contributed by atoms with Crippen LogP contribution in [0.15, 0.2) is 65.6 Å². The van der Waals surface area contributed by atoms with Gasteiger partial charge in [-0.05, 0) is 55.3 Å². The SMILES string of the molecule is COc1ccc(N(CC(=O)Nc2ccc(C)c(C)c2)S(=O)(=O)c2ccccc2[N+](=O)[O-])c(OC)c1. The number of sulfonamides is 1. The zero-order chi connectivity index (χ0) is 25.8. The van der Waals surface area contributed by atoms with Gasteiger partial charge < -0.3 is 14.8 Å². The number of nitrogens with one attached hydrogen (secondary N) is 1. The average Bonchev–Trinajstić information content (AvgIpc) is 2.84. The standard InChI is InChI=1S/C24H25N3O7S/c1-16-9-10-18(13-17(16)2)25-24(28)15-26(20-12-11-19(33-3)14-22(20)34-4)35(31,32)23-8-6-5-7-21(23)27(29)30/h5-14H,15H2,1-4H3,(H,25,28). The largest absolute Gasteiger partial charge is 0.497 e. The Morgan fingerprint density at radius 3 is 2.34 bits per heavy atom. The van der Waals surface area contributed by atoms with Crippen LogP contribution in [0.5, 0.6) is 11.5 Å². The van der Waals surface area contributed by atoms with E-state index in [0.717, 1.165) is 27.6 Å². The lowest BCUT2D eigenvalue weighted by Gasteiger charge is -2.25. The molecule has 0 bridgehead atoms. The molecule has 0 saturated heterocycles. The number of para-hydroxylation sites is 1. The van der Waals surface area contributed by atoms with Crippen molar-refractivity contribution in [1.82, 2.24) is 0 Å². The summed E-state index contributed by atoms with van der Waals surface area (Å²) in [6.45, 7) is 3.15. The Labute approximate surface area is 203 Å². The molecule has 10 nitrogen and oxygen atoms in total. The summed E-state index contributed by atoms with van der Waals surface area (Å²) in [4.78, 5) is 23.2. The van der Waals surface area contributed by atoms with E-state index in [4.69, 9.17) is 9.47 Å². The third-order valence-electron chi connectivity index (χ3n) is 5.36. The van der Waals surface area contributed by atoms with Crippen LogP contribution in [0.2, 0.25) is 0 Å². The maximum atomic E-state index is 13.7. The third-order valence-corrected chi connectivity index (χ3v) is 7.17. The minimum Gasteiger partial charge on any atom is -0.497 e. The molecule has 11 heteroatoms. The van der Waals surface area contributed by atoms with Gasteiger partial charge in [0.2, 0.25) is 5.91 Å². The number of aryl methyl sites for hydroxylation is 2. The molecule has 0 spiro atoms. The molecule has 35 heavy (non-hydrogen) atoms. The fraction of sp³-hybridized carbons (Fsp3) is 0.208. The van der Waals surface area contributed by atoms with Gasteiger partial charge in [0.25, 0.3) is 15.7 Å². The Kier molecular flexibility index (Phi) is 7.60. The molecule has 0 atom stereocenters. The van der Waals surface area contributed by atoms with Crippen LogP contribution in [0.1, 0.15) is 11.1 Å². The van der Waals surface area contributed by atoms with Crippen LogP contribution in [-0.4, -0.2) is 40.0 Å². The minimum absolute atomic E-state index is 0.0155. The van der Waals surface area contributed by atoms with Crippen molar-refractivity contribution in [2.24, 2.45) is 0 Å². The van der Waals surface area contributed by atoms with Crippen LogP contribution in [0.25, 0.3) is 0 Å². The maximum Gasteiger partial charge on any atom is 0.289 e. The van der Waals surface area contributed by atoms with Gasteiger partial charge in [-0.3, -0.25) is 19.2 Å². The number of nitro benzene ring substituents is 1. The number of anilines is 2. The monoisotopic (exact) mass is 499 g/mol. The minimum atomic E-state index is -4.57. The number of carbonyl (C=O) groups is 1. The number of hydrogen-bond donors (Lipinski definition) is 1. The molecule has 0 fully saturated rings. The Morgan fingerprint density at radius 1 is 1.00 bits per heavy atom. The number of ether oxygens (including phenoxy) is 2. The molecular weight excluding hydrogens is 474 g/mol. The Morgan fingerprint density at radius 2 is 1.71 bits per heavy atom. The van der Waals surface area contributed by atoms with Gasteiger partial charge in [0.15, 0.2) is 4.90 Å². The van der Waals surface area contributed by atoms with E-state index in [2.05, 4.69) is 5.32 Å². The molecule has 3 aromatic carbocycles. The molecule has 1 amide bonds. The lowest BCUT2D eigenvalue weighted by molar-refractivity contribution is -0.387. The van der Waals surface area contributed by atoms with Gasteiger partial charge in [0.05, 0.1) is 24.8 Å². The van der Waals surface area contributed by atoms with Gasteiger partial charge >= 0.3 is 0 Å². The molecule has 0 saturated carbocycles. The number of amides is 1. The zero-order valence-corrected chi connectivity index (χ0v) is 20.5. The fourth-order valence-electron chi connectivity index (χ4n) is 3.39. The van der Waals surface area contributed by atoms with E-state index in [0.29, 0.717) is 11.4 Å². The Balaban J connectivity index is 2.10. The first kappa shape index (κ1) is 25.5. The number of carbonyl (C=O) groups excluding carboxylic acids is 1. The number of hydrogen-bond acceptors (Lipinski definition) is 7. The molecular formula is C24H25N3O7S.